The van der Waals surface area contributed by atoms with Crippen molar-refractivity contribution in [1.29, 1.82) is 0 Å². The molecule has 2 atom stereocenters. The van der Waals surface area contributed by atoms with E-state index in [1.54, 1.807) is 18.2 Å². The van der Waals surface area contributed by atoms with Crippen LogP contribution in [0.25, 0.3) is 10.9 Å². The highest BCUT2D eigenvalue weighted by atomic mass is 35.5. The molecule has 0 spiro atoms. The molecule has 0 saturated carbocycles. The van der Waals surface area contributed by atoms with E-state index in [2.05, 4.69) is 5.32 Å². The summed E-state index contributed by atoms with van der Waals surface area (Å²) >= 11 is 12.2. The molecule has 3 aromatic rings. The average molecular weight is 515 g/mol. The second-order valence-corrected chi connectivity index (χ2v) is 10.3. The lowest BCUT2D eigenvalue weighted by Gasteiger charge is -2.36. The van der Waals surface area contributed by atoms with Crippen molar-refractivity contribution >= 4 is 51.8 Å². The van der Waals surface area contributed by atoms with Gasteiger partial charge in [0.05, 0.1) is 6.42 Å². The third-order valence-corrected chi connectivity index (χ3v) is 7.40. The highest BCUT2D eigenvalue weighted by Gasteiger charge is 2.44. The zero-order valence-electron chi connectivity index (χ0n) is 19.6. The zero-order chi connectivity index (χ0) is 25.5. The van der Waals surface area contributed by atoms with E-state index in [-0.39, 0.29) is 24.7 Å². The molecular formula is C26H28Cl2N4O3. The fraction of sp³-hybridized carbons (Fsp3) is 0.346. The van der Waals surface area contributed by atoms with Gasteiger partial charge in [-0.15, -0.1) is 0 Å². The molecule has 4 rings (SSSR count). The van der Waals surface area contributed by atoms with Crippen LogP contribution in [-0.4, -0.2) is 27.8 Å². The first-order chi connectivity index (χ1) is 16.5. The Kier molecular flexibility index (Phi) is 6.84. The minimum Gasteiger partial charge on any atom is -0.368 e. The quantitative estimate of drug-likeness (QED) is 0.445. The van der Waals surface area contributed by atoms with Crippen molar-refractivity contribution in [3.63, 3.8) is 0 Å². The van der Waals surface area contributed by atoms with E-state index in [9.17, 15) is 14.4 Å². The number of benzene rings is 2. The highest BCUT2D eigenvalue weighted by Crippen LogP contribution is 2.39. The average Bonchev–Trinajstić information content (AvgIpc) is 3.09. The van der Waals surface area contributed by atoms with Crippen LogP contribution in [0.3, 0.4) is 0 Å². The fourth-order valence-corrected chi connectivity index (χ4v) is 5.65. The molecule has 0 aliphatic heterocycles. The SMILES string of the molecule is CC(C)[C@@H](C(N)=O)n1c2c(c3ccccc31)C[C@@](NC(=O)Cc1ccc(Cl)cc1Cl)(C(N)=O)CC2. The van der Waals surface area contributed by atoms with E-state index in [1.165, 1.54) is 0 Å². The summed E-state index contributed by atoms with van der Waals surface area (Å²) in [4.78, 5) is 38.2. The Hall–Kier alpha value is -3.03. The molecule has 1 heterocycles. The summed E-state index contributed by atoms with van der Waals surface area (Å²) in [5.41, 5.74) is 13.7. The summed E-state index contributed by atoms with van der Waals surface area (Å²) in [5, 5.41) is 4.67. The molecule has 5 N–H and O–H groups in total. The van der Waals surface area contributed by atoms with Crippen molar-refractivity contribution in [1.82, 2.24) is 9.88 Å². The molecule has 1 aromatic heterocycles. The molecule has 0 radical (unpaired) electrons. The molecule has 0 bridgehead atoms. The van der Waals surface area contributed by atoms with Crippen LogP contribution in [0.15, 0.2) is 42.5 Å². The van der Waals surface area contributed by atoms with Gasteiger partial charge in [-0.1, -0.05) is 61.3 Å². The maximum Gasteiger partial charge on any atom is 0.243 e. The number of aromatic nitrogens is 1. The first kappa shape index (κ1) is 25.1. The standard InChI is InChI=1S/C26H28Cl2N4O3/c1-14(2)23(24(29)34)32-20-6-4-3-5-17(20)18-13-26(25(30)35,10-9-21(18)32)31-22(33)11-15-7-8-16(27)12-19(15)28/h3-8,12,14,23H,9-11,13H2,1-2H3,(H2,29,34)(H2,30,35)(H,31,33)/t23-,26+/m0/s1. The molecule has 1 aliphatic rings. The van der Waals surface area contributed by atoms with E-state index in [1.807, 2.05) is 42.7 Å². The first-order valence-corrected chi connectivity index (χ1v) is 12.2. The third kappa shape index (κ3) is 4.62. The van der Waals surface area contributed by atoms with Crippen molar-refractivity contribution < 1.29 is 14.4 Å². The molecule has 7 nitrogen and oxygen atoms in total. The van der Waals surface area contributed by atoms with Gasteiger partial charge in [-0.3, -0.25) is 14.4 Å². The number of carbonyl (C=O) groups is 3. The van der Waals surface area contributed by atoms with Gasteiger partial charge in [0, 0.05) is 33.1 Å². The lowest BCUT2D eigenvalue weighted by atomic mass is 9.78. The van der Waals surface area contributed by atoms with Gasteiger partial charge in [0.15, 0.2) is 0 Å². The van der Waals surface area contributed by atoms with Crippen LogP contribution in [0.4, 0.5) is 0 Å². The minimum absolute atomic E-state index is 0.0171. The molecular weight excluding hydrogens is 487 g/mol. The Morgan fingerprint density at radius 1 is 1.11 bits per heavy atom. The molecule has 35 heavy (non-hydrogen) atoms. The predicted octanol–water partition coefficient (Wildman–Crippen LogP) is 3.70. The maximum atomic E-state index is 13.0. The van der Waals surface area contributed by atoms with Crippen LogP contribution in [0.2, 0.25) is 10.0 Å². The number of amides is 3. The fourth-order valence-electron chi connectivity index (χ4n) is 5.18. The summed E-state index contributed by atoms with van der Waals surface area (Å²) in [6.07, 6.45) is 0.951. The third-order valence-electron chi connectivity index (χ3n) is 6.81. The summed E-state index contributed by atoms with van der Waals surface area (Å²) in [6, 6.07) is 12.1. The molecule has 0 unspecified atom stereocenters. The number of primary amides is 2. The topological polar surface area (TPSA) is 120 Å². The number of para-hydroxylation sites is 1. The van der Waals surface area contributed by atoms with Crippen LogP contribution in [0.5, 0.6) is 0 Å². The van der Waals surface area contributed by atoms with E-state index in [4.69, 9.17) is 34.7 Å². The number of nitrogens with one attached hydrogen (secondary N) is 1. The van der Waals surface area contributed by atoms with Crippen LogP contribution >= 0.6 is 23.2 Å². The van der Waals surface area contributed by atoms with Gasteiger partial charge in [-0.05, 0) is 48.1 Å². The minimum atomic E-state index is -1.27. The Labute approximate surface area is 213 Å². The molecule has 9 heteroatoms. The van der Waals surface area contributed by atoms with Crippen molar-refractivity contribution in [2.45, 2.75) is 51.1 Å². The molecule has 3 amide bonds. The van der Waals surface area contributed by atoms with E-state index < -0.39 is 23.4 Å². The van der Waals surface area contributed by atoms with Crippen LogP contribution in [0.1, 0.15) is 43.1 Å². The molecule has 184 valence electrons. The Morgan fingerprint density at radius 2 is 1.83 bits per heavy atom. The normalized spacial score (nSPS) is 18.3. The molecule has 2 aromatic carbocycles. The summed E-state index contributed by atoms with van der Waals surface area (Å²) in [7, 11) is 0. The first-order valence-electron chi connectivity index (χ1n) is 11.5. The monoisotopic (exact) mass is 514 g/mol. The van der Waals surface area contributed by atoms with Gasteiger partial charge in [0.1, 0.15) is 11.6 Å². The highest BCUT2D eigenvalue weighted by molar-refractivity contribution is 6.35. The second kappa shape index (κ2) is 9.55. The lowest BCUT2D eigenvalue weighted by Crippen LogP contribution is -2.60. The smallest absolute Gasteiger partial charge is 0.243 e. The lowest BCUT2D eigenvalue weighted by molar-refractivity contribution is -0.131. The largest absolute Gasteiger partial charge is 0.368 e. The Morgan fingerprint density at radius 3 is 2.46 bits per heavy atom. The second-order valence-electron chi connectivity index (χ2n) is 9.49. The summed E-state index contributed by atoms with van der Waals surface area (Å²) in [6.45, 7) is 3.91. The number of rotatable bonds is 7. The number of nitrogens with zero attached hydrogens (tertiary/aromatic N) is 1. The number of carbonyl (C=O) groups excluding carboxylic acids is 3. The summed E-state index contributed by atoms with van der Waals surface area (Å²) in [5.74, 6) is -1.41. The maximum absolute atomic E-state index is 13.0. The molecule has 0 fully saturated rings. The number of fused-ring (bicyclic) bond motifs is 3. The van der Waals surface area contributed by atoms with Crippen LogP contribution in [0, 0.1) is 5.92 Å². The summed E-state index contributed by atoms with van der Waals surface area (Å²) < 4.78 is 2.00. The van der Waals surface area contributed by atoms with Crippen molar-refractivity contribution in [2.75, 3.05) is 0 Å². The van der Waals surface area contributed by atoms with Crippen molar-refractivity contribution in [2.24, 2.45) is 17.4 Å². The van der Waals surface area contributed by atoms with Crippen LogP contribution in [-0.2, 0) is 33.6 Å². The van der Waals surface area contributed by atoms with Crippen molar-refractivity contribution in [3.05, 3.63) is 69.3 Å². The van der Waals surface area contributed by atoms with E-state index >= 15 is 0 Å². The number of halogens is 2. The van der Waals surface area contributed by atoms with Gasteiger partial charge in [0.25, 0.3) is 0 Å². The van der Waals surface area contributed by atoms with Gasteiger partial charge in [-0.2, -0.15) is 0 Å². The van der Waals surface area contributed by atoms with E-state index in [0.717, 1.165) is 22.2 Å². The number of hydrogen-bond acceptors (Lipinski definition) is 3. The Balaban J connectivity index is 1.72. The van der Waals surface area contributed by atoms with E-state index in [0.29, 0.717) is 28.5 Å². The van der Waals surface area contributed by atoms with Crippen LogP contribution < -0.4 is 16.8 Å². The molecule has 1 aliphatic carbocycles. The van der Waals surface area contributed by atoms with Gasteiger partial charge < -0.3 is 21.4 Å². The van der Waals surface area contributed by atoms with Gasteiger partial charge in [-0.25, -0.2) is 0 Å². The number of hydrogen-bond donors (Lipinski definition) is 3. The van der Waals surface area contributed by atoms with Crippen molar-refractivity contribution in [3.8, 4) is 0 Å². The van der Waals surface area contributed by atoms with Gasteiger partial charge in [0.2, 0.25) is 17.7 Å². The predicted molar refractivity (Wildman–Crippen MR) is 137 cm³/mol. The van der Waals surface area contributed by atoms with Gasteiger partial charge >= 0.3 is 0 Å². The number of nitrogens with two attached hydrogens (primary N) is 2. The Bertz CT molecular complexity index is 1330. The zero-order valence-corrected chi connectivity index (χ0v) is 21.1. The molecule has 0 saturated heterocycles.